The van der Waals surface area contributed by atoms with Gasteiger partial charge in [-0.25, -0.2) is 9.97 Å². The highest BCUT2D eigenvalue weighted by Gasteiger charge is 2.19. The zero-order chi connectivity index (χ0) is 13.5. The van der Waals surface area contributed by atoms with Crippen LogP contribution in [-0.2, 0) is 13.0 Å². The molecule has 0 unspecified atom stereocenters. The van der Waals surface area contributed by atoms with E-state index in [0.29, 0.717) is 0 Å². The van der Waals surface area contributed by atoms with Gasteiger partial charge < -0.3 is 9.88 Å². The Balaban J connectivity index is 0.00000132. The van der Waals surface area contributed by atoms with E-state index in [0.717, 1.165) is 41.9 Å². The molecule has 0 spiro atoms. The van der Waals surface area contributed by atoms with Gasteiger partial charge in [-0.3, -0.25) is 0 Å². The summed E-state index contributed by atoms with van der Waals surface area (Å²) < 4.78 is 0. The van der Waals surface area contributed by atoms with Crippen molar-refractivity contribution in [1.82, 2.24) is 19.9 Å². The summed E-state index contributed by atoms with van der Waals surface area (Å²) in [5.74, 6) is 0.799. The first-order valence-electron chi connectivity index (χ1n) is 6.92. The number of hydrogen-bond acceptors (Lipinski definition) is 3. The van der Waals surface area contributed by atoms with Gasteiger partial charge in [0.1, 0.15) is 0 Å². The Kier molecular flexibility index (Phi) is 3.66. The second-order valence-electron chi connectivity index (χ2n) is 5.39. The minimum atomic E-state index is 0. The number of H-pyrrole nitrogens is 1. The van der Waals surface area contributed by atoms with Crippen molar-refractivity contribution in [3.8, 4) is 11.4 Å². The molecular formula is C16H17ClN4. The molecule has 0 bridgehead atoms. The van der Waals surface area contributed by atoms with E-state index in [1.54, 1.807) is 0 Å². The largest absolute Gasteiger partial charge is 0.355 e. The van der Waals surface area contributed by atoms with Crippen LogP contribution in [0.1, 0.15) is 11.3 Å². The first-order valence-corrected chi connectivity index (χ1v) is 6.92. The smallest absolute Gasteiger partial charge is 0.159 e. The Morgan fingerprint density at radius 3 is 2.81 bits per heavy atom. The van der Waals surface area contributed by atoms with E-state index in [4.69, 9.17) is 4.98 Å². The van der Waals surface area contributed by atoms with Gasteiger partial charge in [0.05, 0.1) is 17.2 Å². The van der Waals surface area contributed by atoms with Gasteiger partial charge in [-0.15, -0.1) is 12.4 Å². The van der Waals surface area contributed by atoms with Crippen molar-refractivity contribution in [1.29, 1.82) is 0 Å². The molecule has 0 fully saturated rings. The molecule has 0 radical (unpaired) electrons. The predicted molar refractivity (Wildman–Crippen MR) is 86.6 cm³/mol. The molecule has 0 amide bonds. The molecule has 0 aliphatic carbocycles. The molecule has 108 valence electrons. The predicted octanol–water partition coefficient (Wildman–Crippen LogP) is 3.03. The highest BCUT2D eigenvalue weighted by Crippen LogP contribution is 2.27. The van der Waals surface area contributed by atoms with Gasteiger partial charge in [0.25, 0.3) is 0 Å². The maximum Gasteiger partial charge on any atom is 0.159 e. The van der Waals surface area contributed by atoms with E-state index < -0.39 is 0 Å². The van der Waals surface area contributed by atoms with Gasteiger partial charge in [0.15, 0.2) is 5.82 Å². The SMILES string of the molecule is CN1CCc2[nH]c3cnc(-c4ccccc4)nc3c2C1.Cl. The maximum atomic E-state index is 4.78. The van der Waals surface area contributed by atoms with Crippen LogP contribution in [0.4, 0.5) is 0 Å². The minimum Gasteiger partial charge on any atom is -0.355 e. The lowest BCUT2D eigenvalue weighted by Gasteiger charge is -2.21. The Labute approximate surface area is 129 Å². The number of aromatic amines is 1. The summed E-state index contributed by atoms with van der Waals surface area (Å²) in [6.07, 6.45) is 2.96. The van der Waals surface area contributed by atoms with E-state index in [1.165, 1.54) is 11.3 Å². The van der Waals surface area contributed by atoms with E-state index in [9.17, 15) is 0 Å². The molecule has 1 N–H and O–H groups in total. The van der Waals surface area contributed by atoms with Crippen LogP contribution < -0.4 is 0 Å². The number of hydrogen-bond donors (Lipinski definition) is 1. The second kappa shape index (κ2) is 5.47. The number of fused-ring (bicyclic) bond motifs is 3. The third kappa shape index (κ3) is 2.41. The molecule has 4 nitrogen and oxygen atoms in total. The van der Waals surface area contributed by atoms with Gasteiger partial charge >= 0.3 is 0 Å². The lowest BCUT2D eigenvalue weighted by atomic mass is 10.1. The fourth-order valence-corrected chi connectivity index (χ4v) is 2.85. The molecule has 5 heteroatoms. The normalized spacial score (nSPS) is 14.7. The van der Waals surface area contributed by atoms with Crippen LogP contribution in [0.25, 0.3) is 22.4 Å². The standard InChI is InChI=1S/C16H16N4.ClH/c1-20-8-7-13-12(10-20)15-14(18-13)9-17-16(19-15)11-5-3-2-4-6-11;/h2-6,9,18H,7-8,10H2,1H3;1H. The van der Waals surface area contributed by atoms with Crippen LogP contribution in [0.15, 0.2) is 36.5 Å². The fourth-order valence-electron chi connectivity index (χ4n) is 2.85. The van der Waals surface area contributed by atoms with Crippen LogP contribution in [0.3, 0.4) is 0 Å². The van der Waals surface area contributed by atoms with Gasteiger partial charge in [-0.05, 0) is 7.05 Å². The quantitative estimate of drug-likeness (QED) is 0.751. The van der Waals surface area contributed by atoms with E-state index in [2.05, 4.69) is 21.9 Å². The topological polar surface area (TPSA) is 44.8 Å². The van der Waals surface area contributed by atoms with Crippen molar-refractivity contribution in [3.63, 3.8) is 0 Å². The molecule has 21 heavy (non-hydrogen) atoms. The maximum absolute atomic E-state index is 4.78. The number of likely N-dealkylation sites (N-methyl/N-ethyl adjacent to an activating group) is 1. The molecule has 1 aliphatic heterocycles. The van der Waals surface area contributed by atoms with E-state index in [1.807, 2.05) is 36.5 Å². The summed E-state index contributed by atoms with van der Waals surface area (Å²) in [5, 5.41) is 0. The van der Waals surface area contributed by atoms with Gasteiger partial charge in [-0.1, -0.05) is 30.3 Å². The zero-order valence-corrected chi connectivity index (χ0v) is 12.7. The number of nitrogens with zero attached hydrogens (tertiary/aromatic N) is 3. The van der Waals surface area contributed by atoms with Gasteiger partial charge in [-0.2, -0.15) is 0 Å². The Bertz CT molecular complexity index is 767. The van der Waals surface area contributed by atoms with Crippen molar-refractivity contribution < 1.29 is 0 Å². The van der Waals surface area contributed by atoms with Crippen LogP contribution in [0, 0.1) is 0 Å². The monoisotopic (exact) mass is 300 g/mol. The lowest BCUT2D eigenvalue weighted by Crippen LogP contribution is -2.26. The molecule has 1 aromatic carbocycles. The van der Waals surface area contributed by atoms with Crippen molar-refractivity contribution in [2.24, 2.45) is 0 Å². The zero-order valence-electron chi connectivity index (χ0n) is 11.8. The van der Waals surface area contributed by atoms with Gasteiger partial charge in [0, 0.05) is 36.3 Å². The molecule has 2 aromatic heterocycles. The second-order valence-corrected chi connectivity index (χ2v) is 5.39. The number of aromatic nitrogens is 3. The first kappa shape index (κ1) is 14.0. The number of rotatable bonds is 1. The average Bonchev–Trinajstić information content (AvgIpc) is 2.85. The van der Waals surface area contributed by atoms with Crippen molar-refractivity contribution in [3.05, 3.63) is 47.8 Å². The summed E-state index contributed by atoms with van der Waals surface area (Å²) in [6, 6.07) is 10.1. The lowest BCUT2D eigenvalue weighted by molar-refractivity contribution is 0.313. The van der Waals surface area contributed by atoms with Crippen molar-refractivity contribution in [2.45, 2.75) is 13.0 Å². The first-order chi connectivity index (χ1) is 9.81. The average molecular weight is 301 g/mol. The molecule has 0 saturated carbocycles. The number of halogens is 1. The Morgan fingerprint density at radius 1 is 1.19 bits per heavy atom. The Morgan fingerprint density at radius 2 is 2.00 bits per heavy atom. The van der Waals surface area contributed by atoms with Gasteiger partial charge in [0.2, 0.25) is 0 Å². The number of benzene rings is 1. The van der Waals surface area contributed by atoms with Crippen molar-refractivity contribution >= 4 is 23.4 Å². The number of nitrogens with one attached hydrogen (secondary N) is 1. The molecule has 0 saturated heterocycles. The molecular weight excluding hydrogens is 284 g/mol. The van der Waals surface area contributed by atoms with Crippen LogP contribution in [-0.4, -0.2) is 33.4 Å². The minimum absolute atomic E-state index is 0. The molecule has 1 aliphatic rings. The highest BCUT2D eigenvalue weighted by molar-refractivity contribution is 5.85. The third-order valence-corrected chi connectivity index (χ3v) is 3.93. The van der Waals surface area contributed by atoms with Crippen LogP contribution in [0.5, 0.6) is 0 Å². The molecule has 3 heterocycles. The highest BCUT2D eigenvalue weighted by atomic mass is 35.5. The van der Waals surface area contributed by atoms with Crippen LogP contribution >= 0.6 is 12.4 Å². The summed E-state index contributed by atoms with van der Waals surface area (Å²) in [7, 11) is 2.15. The molecule has 4 rings (SSSR count). The van der Waals surface area contributed by atoms with E-state index >= 15 is 0 Å². The van der Waals surface area contributed by atoms with Crippen molar-refractivity contribution in [2.75, 3.05) is 13.6 Å². The summed E-state index contributed by atoms with van der Waals surface area (Å²) in [6.45, 7) is 2.05. The summed E-state index contributed by atoms with van der Waals surface area (Å²) in [5.41, 5.74) is 5.82. The fraction of sp³-hybridized carbons (Fsp3) is 0.250. The molecule has 0 atom stereocenters. The molecule has 3 aromatic rings. The Hall–Kier alpha value is -1.91. The van der Waals surface area contributed by atoms with Crippen LogP contribution in [0.2, 0.25) is 0 Å². The third-order valence-electron chi connectivity index (χ3n) is 3.93. The van der Waals surface area contributed by atoms with E-state index in [-0.39, 0.29) is 12.4 Å². The summed E-state index contributed by atoms with van der Waals surface area (Å²) in [4.78, 5) is 15.1. The summed E-state index contributed by atoms with van der Waals surface area (Å²) >= 11 is 0.